The maximum absolute atomic E-state index is 11.4. The summed E-state index contributed by atoms with van der Waals surface area (Å²) in [7, 11) is 1.62. The summed E-state index contributed by atoms with van der Waals surface area (Å²) >= 11 is 0. The van der Waals surface area contributed by atoms with Gasteiger partial charge in [0.05, 0.1) is 11.3 Å². The molecule has 3 nitrogen and oxygen atoms in total. The number of hydrogen-bond donors (Lipinski definition) is 0. The lowest BCUT2D eigenvalue weighted by atomic mass is 10.1. The SMILES string of the molecule is Cc1cccc2c1C(=O)C(=O)N2C. The third-order valence-corrected chi connectivity index (χ3v) is 2.34. The number of nitrogens with zero attached hydrogens (tertiary/aromatic N) is 1. The van der Waals surface area contributed by atoms with Crippen molar-refractivity contribution in [2.45, 2.75) is 6.92 Å². The summed E-state index contributed by atoms with van der Waals surface area (Å²) in [5, 5.41) is 0. The number of carbonyl (C=O) groups excluding carboxylic acids is 2. The number of benzene rings is 1. The van der Waals surface area contributed by atoms with Gasteiger partial charge in [-0.05, 0) is 18.6 Å². The van der Waals surface area contributed by atoms with E-state index in [1.165, 1.54) is 4.90 Å². The number of fused-ring (bicyclic) bond motifs is 1. The normalized spacial score (nSPS) is 15.1. The van der Waals surface area contributed by atoms with E-state index in [1.54, 1.807) is 13.1 Å². The Balaban J connectivity index is 2.73. The Hall–Kier alpha value is -1.64. The smallest absolute Gasteiger partial charge is 0.299 e. The Morgan fingerprint density at radius 3 is 2.54 bits per heavy atom. The predicted octanol–water partition coefficient (Wildman–Crippen LogP) is 1.15. The maximum Gasteiger partial charge on any atom is 0.299 e. The van der Waals surface area contributed by atoms with Gasteiger partial charge in [0.2, 0.25) is 0 Å². The van der Waals surface area contributed by atoms with Gasteiger partial charge < -0.3 is 4.90 Å². The second kappa shape index (κ2) is 2.42. The van der Waals surface area contributed by atoms with Gasteiger partial charge in [-0.3, -0.25) is 9.59 Å². The van der Waals surface area contributed by atoms with E-state index in [9.17, 15) is 9.59 Å². The third-order valence-electron chi connectivity index (χ3n) is 2.34. The van der Waals surface area contributed by atoms with Crippen molar-refractivity contribution < 1.29 is 9.59 Å². The second-order valence-corrected chi connectivity index (χ2v) is 3.16. The van der Waals surface area contributed by atoms with E-state index in [-0.39, 0.29) is 0 Å². The molecule has 1 heterocycles. The van der Waals surface area contributed by atoms with Crippen LogP contribution in [-0.4, -0.2) is 18.7 Å². The summed E-state index contributed by atoms with van der Waals surface area (Å²) in [6.45, 7) is 1.84. The van der Waals surface area contributed by atoms with Crippen molar-refractivity contribution in [3.05, 3.63) is 29.3 Å². The second-order valence-electron chi connectivity index (χ2n) is 3.16. The van der Waals surface area contributed by atoms with Crippen LogP contribution in [0.15, 0.2) is 18.2 Å². The van der Waals surface area contributed by atoms with Gasteiger partial charge >= 0.3 is 0 Å². The zero-order valence-corrected chi connectivity index (χ0v) is 7.50. The minimum Gasteiger partial charge on any atom is -0.308 e. The number of aryl methyl sites for hydroxylation is 1. The zero-order chi connectivity index (χ0) is 9.59. The van der Waals surface area contributed by atoms with Crippen LogP contribution in [0.4, 0.5) is 5.69 Å². The van der Waals surface area contributed by atoms with E-state index >= 15 is 0 Å². The molecular formula is C10H9NO2. The summed E-state index contributed by atoms with van der Waals surface area (Å²) < 4.78 is 0. The molecule has 0 bridgehead atoms. The highest BCUT2D eigenvalue weighted by atomic mass is 16.2. The first-order chi connectivity index (χ1) is 6.13. The van der Waals surface area contributed by atoms with Crippen LogP contribution in [0.25, 0.3) is 0 Å². The van der Waals surface area contributed by atoms with Crippen molar-refractivity contribution >= 4 is 17.4 Å². The topological polar surface area (TPSA) is 37.4 Å². The summed E-state index contributed by atoms with van der Waals surface area (Å²) in [6, 6.07) is 5.46. The fraction of sp³-hybridized carbons (Fsp3) is 0.200. The van der Waals surface area contributed by atoms with Crippen LogP contribution in [0, 0.1) is 6.92 Å². The first-order valence-corrected chi connectivity index (χ1v) is 4.05. The molecule has 2 rings (SSSR count). The van der Waals surface area contributed by atoms with Crippen LogP contribution < -0.4 is 4.90 Å². The molecule has 1 aromatic rings. The van der Waals surface area contributed by atoms with Gasteiger partial charge in [-0.1, -0.05) is 12.1 Å². The van der Waals surface area contributed by atoms with Gasteiger partial charge in [0.15, 0.2) is 0 Å². The number of hydrogen-bond acceptors (Lipinski definition) is 2. The highest BCUT2D eigenvalue weighted by Gasteiger charge is 2.33. The average Bonchev–Trinajstić information content (AvgIpc) is 2.33. The number of likely N-dealkylation sites (N-methyl/N-ethyl adjacent to an activating group) is 1. The molecule has 0 unspecified atom stereocenters. The van der Waals surface area contributed by atoms with Gasteiger partial charge in [-0.25, -0.2) is 0 Å². The molecule has 0 saturated heterocycles. The Bertz CT molecular complexity index is 409. The molecule has 0 aromatic heterocycles. The van der Waals surface area contributed by atoms with E-state index in [0.29, 0.717) is 5.56 Å². The Labute approximate surface area is 76.0 Å². The highest BCUT2D eigenvalue weighted by Crippen LogP contribution is 2.29. The molecule has 0 spiro atoms. The fourth-order valence-corrected chi connectivity index (χ4v) is 1.60. The van der Waals surface area contributed by atoms with Crippen molar-refractivity contribution in [2.24, 2.45) is 0 Å². The van der Waals surface area contributed by atoms with E-state index in [0.717, 1.165) is 11.3 Å². The molecule has 1 aliphatic heterocycles. The minimum atomic E-state index is -0.440. The lowest BCUT2D eigenvalue weighted by Gasteiger charge is -2.08. The summed E-state index contributed by atoms with van der Waals surface area (Å²) in [5.41, 5.74) is 2.13. The number of amides is 1. The molecule has 13 heavy (non-hydrogen) atoms. The van der Waals surface area contributed by atoms with Crippen LogP contribution in [0.3, 0.4) is 0 Å². The highest BCUT2D eigenvalue weighted by molar-refractivity contribution is 6.52. The number of Topliss-reactive ketones (excluding diaryl/α,β-unsaturated/α-hetero) is 1. The number of ketones is 1. The first-order valence-electron chi connectivity index (χ1n) is 4.05. The number of anilines is 1. The van der Waals surface area contributed by atoms with Crippen LogP contribution >= 0.6 is 0 Å². The molecule has 3 heteroatoms. The third kappa shape index (κ3) is 0.900. The Kier molecular flexibility index (Phi) is 1.49. The molecule has 1 aliphatic rings. The molecule has 0 atom stereocenters. The average molecular weight is 175 g/mol. The van der Waals surface area contributed by atoms with E-state index < -0.39 is 11.7 Å². The van der Waals surface area contributed by atoms with E-state index in [1.807, 2.05) is 19.1 Å². The maximum atomic E-state index is 11.4. The van der Waals surface area contributed by atoms with Crippen molar-refractivity contribution in [3.63, 3.8) is 0 Å². The van der Waals surface area contributed by atoms with Crippen LogP contribution in [0.5, 0.6) is 0 Å². The largest absolute Gasteiger partial charge is 0.308 e. The lowest BCUT2D eigenvalue weighted by molar-refractivity contribution is -0.114. The summed E-state index contributed by atoms with van der Waals surface area (Å²) in [6.07, 6.45) is 0. The molecule has 0 N–H and O–H groups in total. The van der Waals surface area contributed by atoms with Crippen LogP contribution in [0.2, 0.25) is 0 Å². The lowest BCUT2D eigenvalue weighted by Crippen LogP contribution is -2.24. The molecule has 1 aromatic carbocycles. The molecule has 0 radical (unpaired) electrons. The van der Waals surface area contributed by atoms with Crippen molar-refractivity contribution in [2.75, 3.05) is 11.9 Å². The molecular weight excluding hydrogens is 166 g/mol. The van der Waals surface area contributed by atoms with Gasteiger partial charge in [0.1, 0.15) is 0 Å². The molecule has 0 saturated carbocycles. The van der Waals surface area contributed by atoms with E-state index in [2.05, 4.69) is 0 Å². The standard InChI is InChI=1S/C10H9NO2/c1-6-4-3-5-7-8(6)9(12)10(13)11(7)2/h3-5H,1-2H3. The molecule has 1 amide bonds. The van der Waals surface area contributed by atoms with Gasteiger partial charge in [-0.2, -0.15) is 0 Å². The van der Waals surface area contributed by atoms with Crippen molar-refractivity contribution in [1.82, 2.24) is 0 Å². The fourth-order valence-electron chi connectivity index (χ4n) is 1.60. The monoisotopic (exact) mass is 175 g/mol. The number of rotatable bonds is 0. The van der Waals surface area contributed by atoms with Gasteiger partial charge in [0, 0.05) is 7.05 Å². The summed E-state index contributed by atoms with van der Waals surface area (Å²) in [5.74, 6) is -0.833. The van der Waals surface area contributed by atoms with Gasteiger partial charge in [0.25, 0.3) is 11.7 Å². The Morgan fingerprint density at radius 1 is 1.23 bits per heavy atom. The first kappa shape index (κ1) is 7.98. The predicted molar refractivity (Wildman–Crippen MR) is 48.9 cm³/mol. The Morgan fingerprint density at radius 2 is 1.92 bits per heavy atom. The molecule has 0 aliphatic carbocycles. The summed E-state index contributed by atoms with van der Waals surface area (Å²) in [4.78, 5) is 24.1. The van der Waals surface area contributed by atoms with Crippen LogP contribution in [0.1, 0.15) is 15.9 Å². The van der Waals surface area contributed by atoms with Crippen molar-refractivity contribution in [1.29, 1.82) is 0 Å². The van der Waals surface area contributed by atoms with Crippen LogP contribution in [-0.2, 0) is 4.79 Å². The zero-order valence-electron chi connectivity index (χ0n) is 7.50. The minimum absolute atomic E-state index is 0.393. The van der Waals surface area contributed by atoms with E-state index in [4.69, 9.17) is 0 Å². The molecule has 66 valence electrons. The van der Waals surface area contributed by atoms with Crippen molar-refractivity contribution in [3.8, 4) is 0 Å². The number of carbonyl (C=O) groups is 2. The van der Waals surface area contributed by atoms with Gasteiger partial charge in [-0.15, -0.1) is 0 Å². The quantitative estimate of drug-likeness (QED) is 0.555. The molecule has 0 fully saturated rings.